The van der Waals surface area contributed by atoms with Gasteiger partial charge in [0, 0.05) is 15.6 Å². The number of fused-ring (bicyclic) bond motifs is 2. The Morgan fingerprint density at radius 2 is 1.62 bits per heavy atom. The van der Waals surface area contributed by atoms with Crippen LogP contribution in [-0.2, 0) is 16.6 Å². The fourth-order valence-corrected chi connectivity index (χ4v) is 6.32. The fraction of sp³-hybridized carbons (Fsp3) is 0.300. The quantitative estimate of drug-likeness (QED) is 0.340. The topological polar surface area (TPSA) is 49.3 Å². The molecule has 5 rings (SSSR count). The molecule has 1 spiro atoms. The first kappa shape index (κ1) is 22.9. The standard InChI is InChI=1S/C30H30BrNO2/c31-25-13-7-14-26(21-25)32-30(28(33)34)18-16-29(17-19-30)24(20-23-11-4-5-15-27(23)29)12-6-10-22-8-2-1-3-9-22/h1-5,7-9,11,13-15,20-21,32H,6,10,12,16-19H2,(H,33,34). The number of allylic oxidation sites excluding steroid dienone is 1. The predicted molar refractivity (Wildman–Crippen MR) is 142 cm³/mol. The van der Waals surface area contributed by atoms with Gasteiger partial charge in [-0.25, -0.2) is 4.79 Å². The van der Waals surface area contributed by atoms with Crippen molar-refractivity contribution in [2.45, 2.75) is 55.9 Å². The highest BCUT2D eigenvalue weighted by Gasteiger charge is 2.51. The Bertz CT molecular complexity index is 1210. The van der Waals surface area contributed by atoms with Crippen LogP contribution < -0.4 is 5.32 Å². The van der Waals surface area contributed by atoms with Crippen molar-refractivity contribution in [2.24, 2.45) is 0 Å². The van der Waals surface area contributed by atoms with E-state index in [4.69, 9.17) is 0 Å². The number of anilines is 1. The summed E-state index contributed by atoms with van der Waals surface area (Å²) in [6.07, 6.45) is 8.47. The number of benzene rings is 3. The molecule has 0 unspecified atom stereocenters. The minimum atomic E-state index is -0.946. The van der Waals surface area contributed by atoms with Crippen molar-refractivity contribution in [1.82, 2.24) is 0 Å². The second-order valence-corrected chi connectivity index (χ2v) is 10.6. The third-order valence-corrected chi connectivity index (χ3v) is 8.24. The second-order valence-electron chi connectivity index (χ2n) is 9.70. The smallest absolute Gasteiger partial charge is 0.329 e. The number of hydrogen-bond donors (Lipinski definition) is 2. The largest absolute Gasteiger partial charge is 0.480 e. The maximum atomic E-state index is 12.5. The number of carbonyl (C=O) groups is 1. The lowest BCUT2D eigenvalue weighted by molar-refractivity contribution is -0.143. The summed E-state index contributed by atoms with van der Waals surface area (Å²) in [7, 11) is 0. The van der Waals surface area contributed by atoms with Gasteiger partial charge in [0.05, 0.1) is 0 Å². The van der Waals surface area contributed by atoms with Crippen LogP contribution in [0.3, 0.4) is 0 Å². The van der Waals surface area contributed by atoms with E-state index < -0.39 is 11.5 Å². The number of halogens is 1. The van der Waals surface area contributed by atoms with Crippen molar-refractivity contribution in [3.63, 3.8) is 0 Å². The molecule has 3 nitrogen and oxygen atoms in total. The summed E-state index contributed by atoms with van der Waals surface area (Å²) in [4.78, 5) is 12.5. The van der Waals surface area contributed by atoms with Gasteiger partial charge >= 0.3 is 5.97 Å². The number of carboxylic acid groups (broad SMARTS) is 1. The highest BCUT2D eigenvalue weighted by atomic mass is 79.9. The lowest BCUT2D eigenvalue weighted by atomic mass is 9.61. The van der Waals surface area contributed by atoms with Crippen molar-refractivity contribution in [2.75, 3.05) is 5.32 Å². The number of nitrogens with one attached hydrogen (secondary N) is 1. The average molecular weight is 516 g/mol. The molecule has 2 aliphatic carbocycles. The predicted octanol–water partition coefficient (Wildman–Crippen LogP) is 7.62. The van der Waals surface area contributed by atoms with Gasteiger partial charge in [-0.05, 0) is 79.8 Å². The van der Waals surface area contributed by atoms with Crippen LogP contribution in [0.25, 0.3) is 6.08 Å². The molecule has 0 bridgehead atoms. The molecule has 0 aliphatic heterocycles. The van der Waals surface area contributed by atoms with Crippen LogP contribution in [0.15, 0.2) is 88.9 Å². The average Bonchev–Trinajstić information content (AvgIpc) is 3.14. The van der Waals surface area contributed by atoms with Gasteiger partial charge in [-0.15, -0.1) is 0 Å². The highest BCUT2D eigenvalue weighted by molar-refractivity contribution is 9.10. The number of aryl methyl sites for hydroxylation is 1. The Kier molecular flexibility index (Phi) is 6.35. The molecule has 2 aliphatic rings. The summed E-state index contributed by atoms with van der Waals surface area (Å²) in [5, 5.41) is 13.7. The molecule has 0 radical (unpaired) electrons. The van der Waals surface area contributed by atoms with Gasteiger partial charge in [-0.2, -0.15) is 0 Å². The maximum Gasteiger partial charge on any atom is 0.329 e. The lowest BCUT2D eigenvalue weighted by Gasteiger charge is -2.45. The van der Waals surface area contributed by atoms with E-state index in [2.05, 4.69) is 81.9 Å². The summed E-state index contributed by atoms with van der Waals surface area (Å²) in [5.41, 5.74) is 5.39. The summed E-state index contributed by atoms with van der Waals surface area (Å²) >= 11 is 3.50. The third-order valence-electron chi connectivity index (χ3n) is 7.75. The molecule has 0 atom stereocenters. The normalized spacial score (nSPS) is 23.4. The minimum Gasteiger partial charge on any atom is -0.480 e. The molecule has 2 N–H and O–H groups in total. The van der Waals surface area contributed by atoms with Crippen LogP contribution in [0.5, 0.6) is 0 Å². The van der Waals surface area contributed by atoms with Gasteiger partial charge in [0.1, 0.15) is 5.54 Å². The van der Waals surface area contributed by atoms with Crippen LogP contribution in [0.4, 0.5) is 5.69 Å². The van der Waals surface area contributed by atoms with Crippen molar-refractivity contribution < 1.29 is 9.90 Å². The first-order valence-corrected chi connectivity index (χ1v) is 12.9. The van der Waals surface area contributed by atoms with E-state index >= 15 is 0 Å². The van der Waals surface area contributed by atoms with Gasteiger partial charge in [-0.3, -0.25) is 0 Å². The molecule has 0 amide bonds. The van der Waals surface area contributed by atoms with Gasteiger partial charge in [0.15, 0.2) is 0 Å². The third kappa shape index (κ3) is 4.32. The number of aliphatic carboxylic acids is 1. The Balaban J connectivity index is 1.37. The first-order chi connectivity index (χ1) is 16.5. The van der Waals surface area contributed by atoms with Crippen LogP contribution in [-0.4, -0.2) is 16.6 Å². The van der Waals surface area contributed by atoms with Gasteiger partial charge < -0.3 is 10.4 Å². The lowest BCUT2D eigenvalue weighted by Crippen LogP contribution is -2.52. The van der Waals surface area contributed by atoms with Gasteiger partial charge in [-0.1, -0.05) is 88.2 Å². The van der Waals surface area contributed by atoms with E-state index in [1.54, 1.807) is 0 Å². The molecule has 4 heteroatoms. The van der Waals surface area contributed by atoms with Crippen molar-refractivity contribution >= 4 is 33.7 Å². The molecule has 3 aromatic carbocycles. The van der Waals surface area contributed by atoms with E-state index in [9.17, 15) is 9.90 Å². The highest BCUT2D eigenvalue weighted by Crippen LogP contribution is 2.54. The Morgan fingerprint density at radius 1 is 0.882 bits per heavy atom. The van der Waals surface area contributed by atoms with E-state index in [0.29, 0.717) is 12.8 Å². The van der Waals surface area contributed by atoms with Gasteiger partial charge in [0.25, 0.3) is 0 Å². The molecule has 0 aromatic heterocycles. The van der Waals surface area contributed by atoms with Gasteiger partial charge in [0.2, 0.25) is 0 Å². The number of rotatable bonds is 7. The number of hydrogen-bond acceptors (Lipinski definition) is 2. The van der Waals surface area contributed by atoms with E-state index in [1.165, 1.54) is 22.3 Å². The SMILES string of the molecule is O=C(O)C1(Nc2cccc(Br)c2)CCC2(CC1)C(CCCc1ccccc1)=Cc1ccccc12. The van der Waals surface area contributed by atoms with Crippen LogP contribution in [0, 0.1) is 0 Å². The van der Waals surface area contributed by atoms with E-state index in [-0.39, 0.29) is 5.41 Å². The Labute approximate surface area is 210 Å². The van der Waals surface area contributed by atoms with Crippen molar-refractivity contribution in [1.29, 1.82) is 0 Å². The second kappa shape index (κ2) is 9.42. The minimum absolute atomic E-state index is 0.0504. The van der Waals surface area contributed by atoms with Crippen LogP contribution in [0.1, 0.15) is 55.2 Å². The zero-order valence-electron chi connectivity index (χ0n) is 19.3. The maximum absolute atomic E-state index is 12.5. The fourth-order valence-electron chi connectivity index (χ4n) is 5.93. The number of carboxylic acids is 1. The van der Waals surface area contributed by atoms with Crippen LogP contribution in [0.2, 0.25) is 0 Å². The Hall–Kier alpha value is -2.85. The van der Waals surface area contributed by atoms with Crippen molar-refractivity contribution in [3.8, 4) is 0 Å². The summed E-state index contributed by atoms with van der Waals surface area (Å²) in [6, 6.07) is 27.1. The molecular weight excluding hydrogens is 486 g/mol. The first-order valence-electron chi connectivity index (χ1n) is 12.1. The Morgan fingerprint density at radius 3 is 2.35 bits per heavy atom. The molecular formula is C30H30BrNO2. The molecule has 0 saturated heterocycles. The molecule has 34 heavy (non-hydrogen) atoms. The summed E-state index contributed by atoms with van der Waals surface area (Å²) in [6.45, 7) is 0. The monoisotopic (exact) mass is 515 g/mol. The molecule has 3 aromatic rings. The van der Waals surface area contributed by atoms with Crippen LogP contribution >= 0.6 is 15.9 Å². The molecule has 174 valence electrons. The molecule has 1 fully saturated rings. The summed E-state index contributed by atoms with van der Waals surface area (Å²) < 4.78 is 0.943. The molecule has 0 heterocycles. The molecule has 1 saturated carbocycles. The zero-order chi connectivity index (χ0) is 23.6. The van der Waals surface area contributed by atoms with E-state index in [0.717, 1.165) is 42.3 Å². The summed E-state index contributed by atoms with van der Waals surface area (Å²) in [5.74, 6) is -0.761. The van der Waals surface area contributed by atoms with E-state index in [1.807, 2.05) is 24.3 Å². The van der Waals surface area contributed by atoms with Crippen molar-refractivity contribution in [3.05, 3.63) is 106 Å². The zero-order valence-corrected chi connectivity index (χ0v) is 20.9.